The Hall–Kier alpha value is -1.99. The van der Waals surface area contributed by atoms with Gasteiger partial charge in [0.1, 0.15) is 5.82 Å². The zero-order valence-corrected chi connectivity index (χ0v) is 11.5. The van der Waals surface area contributed by atoms with E-state index in [1.807, 2.05) is 0 Å². The molecule has 0 unspecified atom stereocenters. The summed E-state index contributed by atoms with van der Waals surface area (Å²) in [5.74, 6) is 5.40. The zero-order valence-electron chi connectivity index (χ0n) is 10.6. The highest BCUT2D eigenvalue weighted by atomic mass is 32.1. The maximum atomic E-state index is 11.9. The first-order valence-corrected chi connectivity index (χ1v) is 6.47. The molecule has 0 aliphatic rings. The van der Waals surface area contributed by atoms with Crippen LogP contribution in [0.4, 0.5) is 0 Å². The van der Waals surface area contributed by atoms with Crippen LogP contribution in [0, 0.1) is 13.8 Å². The van der Waals surface area contributed by atoms with Crippen molar-refractivity contribution < 1.29 is 4.79 Å². The fraction of sp³-hybridized carbons (Fsp3) is 0.250. The lowest BCUT2D eigenvalue weighted by atomic mass is 10.3. The van der Waals surface area contributed by atoms with Crippen LogP contribution in [0.3, 0.4) is 0 Å². The van der Waals surface area contributed by atoms with E-state index in [0.717, 1.165) is 4.88 Å². The summed E-state index contributed by atoms with van der Waals surface area (Å²) in [4.78, 5) is 28.9. The number of nitrogens with zero attached hydrogens (tertiary/aromatic N) is 2. The van der Waals surface area contributed by atoms with Gasteiger partial charge in [-0.1, -0.05) is 0 Å². The average Bonchev–Trinajstić information content (AvgIpc) is 2.81. The number of aromatic nitrogens is 2. The van der Waals surface area contributed by atoms with E-state index in [0.29, 0.717) is 22.9 Å². The molecule has 2 aromatic heterocycles. The highest BCUT2D eigenvalue weighted by Gasteiger charge is 2.09. The number of hydrogen-bond acceptors (Lipinski definition) is 5. The number of carbonyl (C=O) groups excluding carboxylic acids is 1. The molecule has 2 aromatic rings. The van der Waals surface area contributed by atoms with Crippen molar-refractivity contribution in [2.75, 3.05) is 0 Å². The molecule has 100 valence electrons. The maximum Gasteiger partial charge on any atom is 0.275 e. The van der Waals surface area contributed by atoms with E-state index in [1.54, 1.807) is 30.5 Å². The van der Waals surface area contributed by atoms with Gasteiger partial charge in [-0.05, 0) is 26.0 Å². The molecule has 2 heterocycles. The summed E-state index contributed by atoms with van der Waals surface area (Å²) in [5, 5.41) is 0. The first kappa shape index (κ1) is 13.4. The predicted molar refractivity (Wildman–Crippen MR) is 73.0 cm³/mol. The number of hydrazine groups is 1. The van der Waals surface area contributed by atoms with Crippen LogP contribution < -0.4 is 16.8 Å². The number of aryl methyl sites for hydroxylation is 2. The molecule has 0 aliphatic carbocycles. The van der Waals surface area contributed by atoms with Gasteiger partial charge in [-0.2, -0.15) is 0 Å². The number of carbonyl (C=O) groups is 1. The van der Waals surface area contributed by atoms with Crippen molar-refractivity contribution in [3.63, 3.8) is 0 Å². The molecule has 3 N–H and O–H groups in total. The van der Waals surface area contributed by atoms with Crippen molar-refractivity contribution in [2.45, 2.75) is 20.4 Å². The Morgan fingerprint density at radius 2 is 2.21 bits per heavy atom. The van der Waals surface area contributed by atoms with Crippen molar-refractivity contribution >= 4 is 17.2 Å². The second-order valence-electron chi connectivity index (χ2n) is 4.11. The van der Waals surface area contributed by atoms with Crippen molar-refractivity contribution in [3.05, 3.63) is 49.8 Å². The van der Waals surface area contributed by atoms with Gasteiger partial charge < -0.3 is 0 Å². The molecular weight excluding hydrogens is 264 g/mol. The molecular formula is C12H14N4O2S. The van der Waals surface area contributed by atoms with Gasteiger partial charge in [0, 0.05) is 16.6 Å². The Balaban J connectivity index is 2.29. The summed E-state index contributed by atoms with van der Waals surface area (Å²) < 4.78 is 1.57. The Morgan fingerprint density at radius 3 is 2.84 bits per heavy atom. The standard InChI is InChI=1S/C12H14N4O2S/c1-7-5-11(17)16(8(2)14-7)6-9-3-4-10(19-9)12(18)15-13/h3-5H,6,13H2,1-2H3,(H,15,18). The monoisotopic (exact) mass is 278 g/mol. The zero-order chi connectivity index (χ0) is 14.0. The fourth-order valence-electron chi connectivity index (χ4n) is 1.77. The smallest absolute Gasteiger partial charge is 0.275 e. The molecule has 19 heavy (non-hydrogen) atoms. The lowest BCUT2D eigenvalue weighted by Crippen LogP contribution is -2.29. The van der Waals surface area contributed by atoms with Crippen LogP contribution in [-0.2, 0) is 6.54 Å². The third-order valence-corrected chi connectivity index (χ3v) is 3.73. The number of nitrogens with one attached hydrogen (secondary N) is 1. The van der Waals surface area contributed by atoms with Crippen LogP contribution in [0.2, 0.25) is 0 Å². The second-order valence-corrected chi connectivity index (χ2v) is 5.28. The summed E-state index contributed by atoms with van der Waals surface area (Å²) in [6.45, 7) is 3.98. The molecule has 0 aromatic carbocycles. The molecule has 0 aliphatic heterocycles. The molecule has 0 saturated carbocycles. The molecule has 2 rings (SSSR count). The van der Waals surface area contributed by atoms with Gasteiger partial charge in [0.2, 0.25) is 0 Å². The SMILES string of the molecule is Cc1cc(=O)n(Cc2ccc(C(=O)NN)s2)c(C)n1. The number of rotatable bonds is 3. The Morgan fingerprint density at radius 1 is 1.47 bits per heavy atom. The van der Waals surface area contributed by atoms with Crippen LogP contribution >= 0.6 is 11.3 Å². The molecule has 0 saturated heterocycles. The van der Waals surface area contributed by atoms with Crippen molar-refractivity contribution in [1.29, 1.82) is 0 Å². The molecule has 0 bridgehead atoms. The highest BCUT2D eigenvalue weighted by molar-refractivity contribution is 7.14. The molecule has 0 fully saturated rings. The Labute approximate surface area is 113 Å². The number of nitrogens with two attached hydrogens (primary N) is 1. The van der Waals surface area contributed by atoms with Crippen LogP contribution in [0.15, 0.2) is 23.0 Å². The molecule has 0 spiro atoms. The highest BCUT2D eigenvalue weighted by Crippen LogP contribution is 2.17. The third kappa shape index (κ3) is 2.88. The van der Waals surface area contributed by atoms with Crippen LogP contribution in [0.25, 0.3) is 0 Å². The van der Waals surface area contributed by atoms with Gasteiger partial charge in [-0.15, -0.1) is 11.3 Å². The molecule has 1 amide bonds. The minimum Gasteiger partial charge on any atom is -0.292 e. The molecule has 7 heteroatoms. The Kier molecular flexibility index (Phi) is 3.77. The fourth-order valence-corrected chi connectivity index (χ4v) is 2.67. The number of thiophene rings is 1. The van der Waals surface area contributed by atoms with Gasteiger partial charge in [0.05, 0.1) is 11.4 Å². The summed E-state index contributed by atoms with van der Waals surface area (Å²) in [6, 6.07) is 4.99. The maximum absolute atomic E-state index is 11.9. The van der Waals surface area contributed by atoms with E-state index in [9.17, 15) is 9.59 Å². The molecule has 6 nitrogen and oxygen atoms in total. The first-order valence-electron chi connectivity index (χ1n) is 5.66. The van der Waals surface area contributed by atoms with Crippen molar-refractivity contribution in [3.8, 4) is 0 Å². The van der Waals surface area contributed by atoms with Crippen LogP contribution in [0.5, 0.6) is 0 Å². The predicted octanol–water partition coefficient (Wildman–Crippen LogP) is 0.573. The quantitative estimate of drug-likeness (QED) is 0.488. The van der Waals surface area contributed by atoms with E-state index in [1.165, 1.54) is 17.4 Å². The number of amides is 1. The van der Waals surface area contributed by atoms with Gasteiger partial charge in [0.25, 0.3) is 11.5 Å². The lowest BCUT2D eigenvalue weighted by Gasteiger charge is -2.07. The van der Waals surface area contributed by atoms with Gasteiger partial charge in [-0.3, -0.25) is 19.6 Å². The summed E-state index contributed by atoms with van der Waals surface area (Å²) in [7, 11) is 0. The largest absolute Gasteiger partial charge is 0.292 e. The van der Waals surface area contributed by atoms with E-state index >= 15 is 0 Å². The molecule has 0 atom stereocenters. The van der Waals surface area contributed by atoms with Crippen molar-refractivity contribution in [2.24, 2.45) is 5.84 Å². The average molecular weight is 278 g/mol. The van der Waals surface area contributed by atoms with E-state index in [2.05, 4.69) is 10.4 Å². The summed E-state index contributed by atoms with van der Waals surface area (Å²) in [5.41, 5.74) is 2.69. The van der Waals surface area contributed by atoms with Gasteiger partial charge in [-0.25, -0.2) is 10.8 Å². The third-order valence-electron chi connectivity index (χ3n) is 2.66. The van der Waals surface area contributed by atoms with Gasteiger partial charge in [0.15, 0.2) is 0 Å². The van der Waals surface area contributed by atoms with Crippen LogP contribution in [0.1, 0.15) is 26.1 Å². The summed E-state index contributed by atoms with van der Waals surface area (Å²) in [6.07, 6.45) is 0. The second kappa shape index (κ2) is 5.33. The Bertz CT molecular complexity index is 675. The first-order chi connectivity index (χ1) is 9.01. The van der Waals surface area contributed by atoms with E-state index < -0.39 is 0 Å². The van der Waals surface area contributed by atoms with E-state index in [-0.39, 0.29) is 11.5 Å². The summed E-state index contributed by atoms with van der Waals surface area (Å²) >= 11 is 1.30. The van der Waals surface area contributed by atoms with Gasteiger partial charge >= 0.3 is 0 Å². The number of hydrogen-bond donors (Lipinski definition) is 2. The minimum absolute atomic E-state index is 0.0942. The van der Waals surface area contributed by atoms with E-state index in [4.69, 9.17) is 5.84 Å². The molecule has 0 radical (unpaired) electrons. The topological polar surface area (TPSA) is 90.0 Å². The number of nitrogen functional groups attached to an aromatic ring is 1. The van der Waals surface area contributed by atoms with Crippen LogP contribution in [-0.4, -0.2) is 15.5 Å². The van der Waals surface area contributed by atoms with Crippen molar-refractivity contribution in [1.82, 2.24) is 15.0 Å². The lowest BCUT2D eigenvalue weighted by molar-refractivity contribution is 0.0957. The normalized spacial score (nSPS) is 10.5. The minimum atomic E-state index is -0.331.